The van der Waals surface area contributed by atoms with Gasteiger partial charge in [0.1, 0.15) is 0 Å². The van der Waals surface area contributed by atoms with Gasteiger partial charge in [-0.25, -0.2) is 0 Å². The fraction of sp³-hybridized carbons (Fsp3) is 0.476. The van der Waals surface area contributed by atoms with E-state index in [1.165, 1.54) is 10.4 Å². The number of hydrogen-bond donors (Lipinski definition) is 2. The Morgan fingerprint density at radius 3 is 2.89 bits per heavy atom. The Labute approximate surface area is 176 Å². The Hall–Kier alpha value is -1.44. The molecular weight excluding hydrogens is 394 g/mol. The summed E-state index contributed by atoms with van der Waals surface area (Å²) in [7, 11) is 1.64. The van der Waals surface area contributed by atoms with E-state index in [4.69, 9.17) is 16.3 Å². The predicted molar refractivity (Wildman–Crippen MR) is 115 cm³/mol. The van der Waals surface area contributed by atoms with Gasteiger partial charge in [0.15, 0.2) is 0 Å². The highest BCUT2D eigenvalue weighted by Gasteiger charge is 2.36. The number of rotatable bonds is 9. The van der Waals surface area contributed by atoms with Crippen LogP contribution in [-0.4, -0.2) is 49.7 Å². The van der Waals surface area contributed by atoms with Crippen molar-refractivity contribution >= 4 is 28.8 Å². The maximum atomic E-state index is 12.8. The van der Waals surface area contributed by atoms with E-state index in [-0.39, 0.29) is 18.0 Å². The van der Waals surface area contributed by atoms with Crippen LogP contribution in [0.2, 0.25) is 5.02 Å². The molecule has 5 nitrogen and oxygen atoms in total. The first-order chi connectivity index (χ1) is 13.6. The van der Waals surface area contributed by atoms with Crippen molar-refractivity contribution in [2.45, 2.75) is 38.5 Å². The van der Waals surface area contributed by atoms with Crippen LogP contribution in [0.15, 0.2) is 35.7 Å². The summed E-state index contributed by atoms with van der Waals surface area (Å²) >= 11 is 8.13. The molecule has 0 spiro atoms. The van der Waals surface area contributed by atoms with Crippen molar-refractivity contribution < 1.29 is 9.53 Å². The second-order valence-electron chi connectivity index (χ2n) is 7.16. The average molecular weight is 422 g/mol. The van der Waals surface area contributed by atoms with Gasteiger partial charge in [-0.2, -0.15) is 0 Å². The van der Waals surface area contributed by atoms with Gasteiger partial charge in [-0.05, 0) is 42.0 Å². The van der Waals surface area contributed by atoms with Crippen LogP contribution in [0, 0.1) is 6.92 Å². The summed E-state index contributed by atoms with van der Waals surface area (Å²) < 4.78 is 5.05. The SMILES string of the molecule is COCCNC(=O)[C@@H]1C[C@@H](NCc2sccc2C)CN1Cc1ccccc1Cl. The number of hydrogen-bond acceptors (Lipinski definition) is 5. The zero-order valence-electron chi connectivity index (χ0n) is 16.4. The lowest BCUT2D eigenvalue weighted by Crippen LogP contribution is -2.43. The van der Waals surface area contributed by atoms with Gasteiger partial charge in [0.25, 0.3) is 0 Å². The van der Waals surface area contributed by atoms with E-state index in [0.717, 1.165) is 30.1 Å². The monoisotopic (exact) mass is 421 g/mol. The standard InChI is InChI=1S/C21H28ClN3O2S/c1-15-7-10-28-20(15)12-24-17-11-19(21(26)23-8-9-27-2)25(14-17)13-16-5-3-4-6-18(16)22/h3-7,10,17,19,24H,8-9,11-14H2,1-2H3,(H,23,26)/t17-,19+/m1/s1. The van der Waals surface area contributed by atoms with Crippen LogP contribution >= 0.6 is 22.9 Å². The predicted octanol–water partition coefficient (Wildman–Crippen LogP) is 3.21. The largest absolute Gasteiger partial charge is 0.383 e. The Morgan fingerprint density at radius 2 is 2.18 bits per heavy atom. The molecule has 7 heteroatoms. The molecule has 1 aliphatic rings. The number of ether oxygens (including phenoxy) is 1. The molecule has 0 bridgehead atoms. The fourth-order valence-electron chi connectivity index (χ4n) is 3.56. The minimum absolute atomic E-state index is 0.0562. The number of carbonyl (C=O) groups excluding carboxylic acids is 1. The molecule has 1 aliphatic heterocycles. The van der Waals surface area contributed by atoms with E-state index in [1.54, 1.807) is 18.4 Å². The zero-order chi connectivity index (χ0) is 19.9. The van der Waals surface area contributed by atoms with E-state index >= 15 is 0 Å². The molecule has 1 amide bonds. The number of amides is 1. The lowest BCUT2D eigenvalue weighted by molar-refractivity contribution is -0.125. The van der Waals surface area contributed by atoms with Crippen molar-refractivity contribution in [1.29, 1.82) is 0 Å². The van der Waals surface area contributed by atoms with Gasteiger partial charge in [-0.15, -0.1) is 11.3 Å². The van der Waals surface area contributed by atoms with Gasteiger partial charge >= 0.3 is 0 Å². The van der Waals surface area contributed by atoms with E-state index in [9.17, 15) is 4.79 Å². The number of thiophene rings is 1. The summed E-state index contributed by atoms with van der Waals surface area (Å²) in [6.45, 7) is 5.50. The van der Waals surface area contributed by atoms with Crippen LogP contribution in [0.4, 0.5) is 0 Å². The molecule has 3 rings (SSSR count). The Balaban J connectivity index is 1.65. The molecule has 1 saturated heterocycles. The van der Waals surface area contributed by atoms with Crippen LogP contribution in [0.25, 0.3) is 0 Å². The van der Waals surface area contributed by atoms with Crippen molar-refractivity contribution in [1.82, 2.24) is 15.5 Å². The van der Waals surface area contributed by atoms with Crippen LogP contribution in [0.5, 0.6) is 0 Å². The summed E-state index contributed by atoms with van der Waals surface area (Å²) in [6, 6.07) is 10.1. The summed E-state index contributed by atoms with van der Waals surface area (Å²) in [5, 5.41) is 9.49. The highest BCUT2D eigenvalue weighted by atomic mass is 35.5. The van der Waals surface area contributed by atoms with Crippen LogP contribution in [0.1, 0.15) is 22.4 Å². The lowest BCUT2D eigenvalue weighted by atomic mass is 10.1. The molecule has 0 unspecified atom stereocenters. The highest BCUT2D eigenvalue weighted by Crippen LogP contribution is 2.25. The van der Waals surface area contributed by atoms with Gasteiger partial charge in [-0.1, -0.05) is 29.8 Å². The third-order valence-electron chi connectivity index (χ3n) is 5.16. The third kappa shape index (κ3) is 5.55. The molecule has 2 aromatic rings. The summed E-state index contributed by atoms with van der Waals surface area (Å²) in [6.07, 6.45) is 0.785. The smallest absolute Gasteiger partial charge is 0.237 e. The second-order valence-corrected chi connectivity index (χ2v) is 8.57. The van der Waals surface area contributed by atoms with E-state index in [0.29, 0.717) is 19.7 Å². The molecule has 2 heterocycles. The number of halogens is 1. The molecule has 1 aromatic heterocycles. The van der Waals surface area contributed by atoms with Crippen molar-refractivity contribution in [2.24, 2.45) is 0 Å². The van der Waals surface area contributed by atoms with Crippen LogP contribution < -0.4 is 10.6 Å². The summed E-state index contributed by atoms with van der Waals surface area (Å²) in [4.78, 5) is 16.3. The van der Waals surface area contributed by atoms with Crippen molar-refractivity contribution in [3.05, 3.63) is 56.7 Å². The minimum atomic E-state index is -0.171. The first kappa shape index (κ1) is 21.3. The van der Waals surface area contributed by atoms with Gasteiger partial charge in [0.2, 0.25) is 5.91 Å². The summed E-state index contributed by atoms with van der Waals surface area (Å²) in [5.41, 5.74) is 2.37. The van der Waals surface area contributed by atoms with Crippen molar-refractivity contribution in [3.8, 4) is 0 Å². The number of benzene rings is 1. The number of carbonyl (C=O) groups is 1. The molecule has 2 N–H and O–H groups in total. The molecular formula is C21H28ClN3O2S. The number of aryl methyl sites for hydroxylation is 1. The number of nitrogens with zero attached hydrogens (tertiary/aromatic N) is 1. The summed E-state index contributed by atoms with van der Waals surface area (Å²) in [5.74, 6) is 0.0562. The van der Waals surface area contributed by atoms with E-state index < -0.39 is 0 Å². The van der Waals surface area contributed by atoms with Gasteiger partial charge < -0.3 is 15.4 Å². The topological polar surface area (TPSA) is 53.6 Å². The molecule has 152 valence electrons. The first-order valence-corrected chi connectivity index (χ1v) is 10.8. The van der Waals surface area contributed by atoms with E-state index in [2.05, 4.69) is 33.9 Å². The third-order valence-corrected chi connectivity index (χ3v) is 6.55. The van der Waals surface area contributed by atoms with Crippen LogP contribution in [-0.2, 0) is 22.6 Å². The van der Waals surface area contributed by atoms with Gasteiger partial charge in [0.05, 0.1) is 12.6 Å². The van der Waals surface area contributed by atoms with Crippen LogP contribution in [0.3, 0.4) is 0 Å². The van der Waals surface area contributed by atoms with Gasteiger partial charge in [-0.3, -0.25) is 9.69 Å². The average Bonchev–Trinajstić information content (AvgIpc) is 3.28. The van der Waals surface area contributed by atoms with Crippen molar-refractivity contribution in [2.75, 3.05) is 26.8 Å². The Morgan fingerprint density at radius 1 is 1.36 bits per heavy atom. The molecule has 28 heavy (non-hydrogen) atoms. The molecule has 1 fully saturated rings. The van der Waals surface area contributed by atoms with Gasteiger partial charge in [0, 0.05) is 49.2 Å². The van der Waals surface area contributed by atoms with E-state index in [1.807, 2.05) is 24.3 Å². The second kappa shape index (κ2) is 10.4. The molecule has 2 atom stereocenters. The Bertz CT molecular complexity index is 783. The normalized spacial score (nSPS) is 19.8. The number of nitrogens with one attached hydrogen (secondary N) is 2. The maximum absolute atomic E-state index is 12.8. The number of likely N-dealkylation sites (tertiary alicyclic amines) is 1. The lowest BCUT2D eigenvalue weighted by Gasteiger charge is -2.24. The number of methoxy groups -OCH3 is 1. The molecule has 0 radical (unpaired) electrons. The Kier molecular flexibility index (Phi) is 7.88. The highest BCUT2D eigenvalue weighted by molar-refractivity contribution is 7.10. The molecule has 0 aliphatic carbocycles. The quantitative estimate of drug-likeness (QED) is 0.610. The van der Waals surface area contributed by atoms with Crippen molar-refractivity contribution in [3.63, 3.8) is 0 Å². The zero-order valence-corrected chi connectivity index (χ0v) is 18.0. The fourth-order valence-corrected chi connectivity index (χ4v) is 4.61. The molecule has 0 saturated carbocycles. The molecule has 1 aromatic carbocycles. The first-order valence-electron chi connectivity index (χ1n) is 9.59. The minimum Gasteiger partial charge on any atom is -0.383 e. The maximum Gasteiger partial charge on any atom is 0.237 e.